The van der Waals surface area contributed by atoms with Crippen molar-refractivity contribution < 1.29 is 9.53 Å². The Balaban J connectivity index is 1.58. The van der Waals surface area contributed by atoms with E-state index in [1.807, 2.05) is 30.3 Å². The van der Waals surface area contributed by atoms with Crippen molar-refractivity contribution in [3.8, 4) is 5.75 Å². The normalized spacial score (nSPS) is 11.7. The number of rotatable bonds is 5. The molecule has 2 aromatic carbocycles. The lowest BCUT2D eigenvalue weighted by Gasteiger charge is -2.10. The summed E-state index contributed by atoms with van der Waals surface area (Å²) < 4.78 is 8.25. The van der Waals surface area contributed by atoms with Crippen molar-refractivity contribution in [3.05, 3.63) is 79.8 Å². The monoisotopic (exact) mass is 456 g/mol. The van der Waals surface area contributed by atoms with E-state index < -0.39 is 0 Å². The predicted molar refractivity (Wildman–Crippen MR) is 111 cm³/mol. The molecule has 2 aromatic heterocycles. The third-order valence-electron chi connectivity index (χ3n) is 3.80. The molecule has 7 nitrogen and oxygen atoms in total. The Morgan fingerprint density at radius 2 is 2.07 bits per heavy atom. The van der Waals surface area contributed by atoms with Gasteiger partial charge >= 0.3 is 0 Å². The summed E-state index contributed by atoms with van der Waals surface area (Å²) in [4.78, 5) is 29.1. The number of nitrogens with one attached hydrogen (secondary N) is 1. The summed E-state index contributed by atoms with van der Waals surface area (Å²) in [5.74, 6) is 0.216. The van der Waals surface area contributed by atoms with Gasteiger partial charge in [0.15, 0.2) is 6.61 Å². The molecule has 140 valence electrons. The molecule has 2 heterocycles. The van der Waals surface area contributed by atoms with Crippen LogP contribution in [0.1, 0.15) is 5.56 Å². The zero-order valence-corrected chi connectivity index (χ0v) is 16.7. The maximum Gasteiger partial charge on any atom is 0.291 e. The largest absolute Gasteiger partial charge is 0.483 e. The summed E-state index contributed by atoms with van der Waals surface area (Å²) >= 11 is 4.66. The maximum atomic E-state index is 12.4. The van der Waals surface area contributed by atoms with Crippen molar-refractivity contribution in [2.24, 2.45) is 0 Å². The topological polar surface area (TPSA) is 85.6 Å². The van der Waals surface area contributed by atoms with Crippen molar-refractivity contribution >= 4 is 49.9 Å². The van der Waals surface area contributed by atoms with Gasteiger partial charge < -0.3 is 10.1 Å². The van der Waals surface area contributed by atoms with Crippen LogP contribution in [-0.4, -0.2) is 27.1 Å². The Kier molecular flexibility index (Phi) is 5.18. The summed E-state index contributed by atoms with van der Waals surface area (Å²) in [7, 11) is 0. The number of carbonyl (C=O) groups is 1. The third-order valence-corrected chi connectivity index (χ3v) is 5.26. The molecule has 0 aliphatic heterocycles. The van der Waals surface area contributed by atoms with E-state index in [9.17, 15) is 9.59 Å². The van der Waals surface area contributed by atoms with Crippen LogP contribution >= 0.6 is 27.3 Å². The summed E-state index contributed by atoms with van der Waals surface area (Å²) in [6.07, 6.45) is 3.05. The van der Waals surface area contributed by atoms with Crippen LogP contribution in [0.15, 0.2) is 64.1 Å². The average Bonchev–Trinajstić information content (AvgIpc) is 3.25. The van der Waals surface area contributed by atoms with Gasteiger partial charge in [-0.1, -0.05) is 45.5 Å². The number of carbonyl (C=O) groups excluding carboxylic acids is 1. The van der Waals surface area contributed by atoms with Gasteiger partial charge in [-0.15, -0.1) is 0 Å². The molecule has 4 rings (SSSR count). The first kappa shape index (κ1) is 18.3. The van der Waals surface area contributed by atoms with Crippen molar-refractivity contribution in [1.29, 1.82) is 0 Å². The van der Waals surface area contributed by atoms with Gasteiger partial charge in [0, 0.05) is 15.7 Å². The number of thiazole rings is 1. The van der Waals surface area contributed by atoms with E-state index in [1.54, 1.807) is 24.3 Å². The minimum Gasteiger partial charge on any atom is -0.483 e. The zero-order valence-electron chi connectivity index (χ0n) is 14.3. The molecule has 28 heavy (non-hydrogen) atoms. The first-order valence-corrected chi connectivity index (χ1v) is 9.82. The van der Waals surface area contributed by atoms with Crippen LogP contribution < -0.4 is 20.1 Å². The third kappa shape index (κ3) is 3.95. The number of anilines is 1. The standard InChI is InChI=1S/C19H13BrN4O3S/c20-13-6-7-15(27-10-17(25)23-14-4-2-1-3-5-14)12(8-13)9-16-18(26)24-19(28-16)21-11-22-24/h1-9,11H,10H2,(H,23,25)/b16-9-. The Hall–Kier alpha value is -3.04. The highest BCUT2D eigenvalue weighted by Crippen LogP contribution is 2.24. The van der Waals surface area contributed by atoms with Gasteiger partial charge in [0.2, 0.25) is 4.96 Å². The highest BCUT2D eigenvalue weighted by atomic mass is 79.9. The number of fused-ring (bicyclic) bond motifs is 1. The Labute approximate surface area is 171 Å². The molecule has 0 bridgehead atoms. The molecule has 1 amide bonds. The highest BCUT2D eigenvalue weighted by molar-refractivity contribution is 9.10. The molecule has 4 aromatic rings. The van der Waals surface area contributed by atoms with Gasteiger partial charge in [0.05, 0.1) is 4.53 Å². The predicted octanol–water partition coefficient (Wildman–Crippen LogP) is 2.48. The average molecular weight is 457 g/mol. The van der Waals surface area contributed by atoms with Crippen molar-refractivity contribution in [3.63, 3.8) is 0 Å². The molecule has 0 aliphatic rings. The summed E-state index contributed by atoms with van der Waals surface area (Å²) in [6.45, 7) is -0.156. The fourth-order valence-corrected chi connectivity index (χ4v) is 3.80. The lowest BCUT2D eigenvalue weighted by Crippen LogP contribution is -2.24. The zero-order chi connectivity index (χ0) is 19.5. The van der Waals surface area contributed by atoms with Crippen molar-refractivity contribution in [1.82, 2.24) is 14.6 Å². The molecule has 0 aliphatic carbocycles. The highest BCUT2D eigenvalue weighted by Gasteiger charge is 2.10. The van der Waals surface area contributed by atoms with E-state index in [0.29, 0.717) is 26.5 Å². The summed E-state index contributed by atoms with van der Waals surface area (Å²) in [6, 6.07) is 14.5. The quantitative estimate of drug-likeness (QED) is 0.498. The van der Waals surface area contributed by atoms with Crippen LogP contribution in [0.4, 0.5) is 5.69 Å². The van der Waals surface area contributed by atoms with Gasteiger partial charge in [0.25, 0.3) is 11.5 Å². The summed E-state index contributed by atoms with van der Waals surface area (Å²) in [5.41, 5.74) is 1.12. The number of benzene rings is 2. The lowest BCUT2D eigenvalue weighted by atomic mass is 10.2. The van der Waals surface area contributed by atoms with Crippen LogP contribution in [0.25, 0.3) is 11.0 Å². The van der Waals surface area contributed by atoms with Crippen LogP contribution in [0.5, 0.6) is 5.75 Å². The Bertz CT molecular complexity index is 1250. The van der Waals surface area contributed by atoms with E-state index >= 15 is 0 Å². The Morgan fingerprint density at radius 1 is 1.25 bits per heavy atom. The van der Waals surface area contributed by atoms with Crippen LogP contribution in [0, 0.1) is 0 Å². The Morgan fingerprint density at radius 3 is 2.86 bits per heavy atom. The fraction of sp³-hybridized carbons (Fsp3) is 0.0526. The number of hydrogen-bond acceptors (Lipinski definition) is 6. The van der Waals surface area contributed by atoms with E-state index in [4.69, 9.17) is 4.74 Å². The minimum absolute atomic E-state index is 0.156. The second-order valence-corrected chi connectivity index (χ2v) is 7.68. The number of ether oxygens (including phenoxy) is 1. The van der Waals surface area contributed by atoms with E-state index in [0.717, 1.165) is 4.47 Å². The van der Waals surface area contributed by atoms with Gasteiger partial charge in [0.1, 0.15) is 12.1 Å². The van der Waals surface area contributed by atoms with Gasteiger partial charge in [-0.25, -0.2) is 4.98 Å². The smallest absolute Gasteiger partial charge is 0.291 e. The van der Waals surface area contributed by atoms with Crippen LogP contribution in [0.3, 0.4) is 0 Å². The molecule has 0 spiro atoms. The number of halogens is 1. The number of aromatic nitrogens is 3. The number of nitrogens with zero attached hydrogens (tertiary/aromatic N) is 3. The van der Waals surface area contributed by atoms with Crippen molar-refractivity contribution in [2.45, 2.75) is 0 Å². The molecule has 0 saturated carbocycles. The molecule has 0 atom stereocenters. The molecule has 0 unspecified atom stereocenters. The lowest BCUT2D eigenvalue weighted by molar-refractivity contribution is -0.118. The fourth-order valence-electron chi connectivity index (χ4n) is 2.54. The molecule has 0 saturated heterocycles. The van der Waals surface area contributed by atoms with Crippen molar-refractivity contribution in [2.75, 3.05) is 11.9 Å². The maximum absolute atomic E-state index is 12.4. The van der Waals surface area contributed by atoms with Gasteiger partial charge in [-0.2, -0.15) is 9.61 Å². The molecule has 1 N–H and O–H groups in total. The number of amides is 1. The van der Waals surface area contributed by atoms with E-state index in [1.165, 1.54) is 22.2 Å². The second kappa shape index (κ2) is 7.91. The number of para-hydroxylation sites is 1. The van der Waals surface area contributed by atoms with E-state index in [2.05, 4.69) is 31.3 Å². The first-order chi connectivity index (χ1) is 13.6. The molecular weight excluding hydrogens is 444 g/mol. The van der Waals surface area contributed by atoms with Crippen LogP contribution in [-0.2, 0) is 4.79 Å². The number of hydrogen-bond donors (Lipinski definition) is 1. The van der Waals surface area contributed by atoms with E-state index in [-0.39, 0.29) is 18.1 Å². The van der Waals surface area contributed by atoms with Gasteiger partial charge in [-0.05, 0) is 36.4 Å². The summed E-state index contributed by atoms with van der Waals surface area (Å²) in [5, 5.41) is 6.67. The first-order valence-electron chi connectivity index (χ1n) is 8.22. The van der Waals surface area contributed by atoms with Gasteiger partial charge in [-0.3, -0.25) is 9.59 Å². The SMILES string of the molecule is O=C(COc1ccc(Br)cc1/C=c1\sc2ncnn2c1=O)Nc1ccccc1. The molecule has 9 heteroatoms. The minimum atomic E-state index is -0.275. The molecule has 0 radical (unpaired) electrons. The molecule has 0 fully saturated rings. The second-order valence-electron chi connectivity index (χ2n) is 5.76. The molecular formula is C19H13BrN4O3S. The van der Waals surface area contributed by atoms with Crippen LogP contribution in [0.2, 0.25) is 0 Å².